The van der Waals surface area contributed by atoms with Crippen LogP contribution in [0.3, 0.4) is 0 Å². The van der Waals surface area contributed by atoms with E-state index < -0.39 is 15.3 Å². The number of halogens is 1. The lowest BCUT2D eigenvalue weighted by molar-refractivity contribution is 0.560. The Morgan fingerprint density at radius 1 is 1.59 bits per heavy atom. The second kappa shape index (κ2) is 5.83. The Balaban J connectivity index is 2.82. The Labute approximate surface area is 110 Å². The Morgan fingerprint density at radius 3 is 2.65 bits per heavy atom. The average Bonchev–Trinajstić information content (AvgIpc) is 2.65. The molecular formula is C10H13ClN2O2S2. The predicted molar refractivity (Wildman–Crippen MR) is 69.5 cm³/mol. The number of hydrogen-bond acceptors (Lipinski definition) is 4. The summed E-state index contributed by atoms with van der Waals surface area (Å²) in [5, 5.41) is 7.75. The van der Waals surface area contributed by atoms with Gasteiger partial charge in [0.05, 0.1) is 16.4 Å². The molecule has 0 fully saturated rings. The van der Waals surface area contributed by atoms with E-state index >= 15 is 0 Å². The van der Waals surface area contributed by atoms with Crippen molar-refractivity contribution in [3.8, 4) is 6.07 Å². The molecule has 0 saturated heterocycles. The summed E-state index contributed by atoms with van der Waals surface area (Å²) in [7, 11) is -3.61. The van der Waals surface area contributed by atoms with Crippen LogP contribution >= 0.6 is 22.9 Å². The molecule has 0 radical (unpaired) electrons. The molecular weight excluding hydrogens is 280 g/mol. The van der Waals surface area contributed by atoms with Crippen LogP contribution in [0.2, 0.25) is 4.34 Å². The minimum atomic E-state index is -3.61. The summed E-state index contributed by atoms with van der Waals surface area (Å²) in [5.41, 5.74) is 0. The fourth-order valence-corrected chi connectivity index (χ4v) is 3.83. The van der Waals surface area contributed by atoms with Crippen LogP contribution < -0.4 is 4.72 Å². The van der Waals surface area contributed by atoms with Crippen molar-refractivity contribution in [1.82, 2.24) is 4.72 Å². The monoisotopic (exact) mass is 292 g/mol. The molecule has 94 valence electrons. The molecule has 0 aliphatic heterocycles. The Morgan fingerprint density at radius 2 is 2.24 bits per heavy atom. The summed E-state index contributed by atoms with van der Waals surface area (Å²) < 4.78 is 26.7. The van der Waals surface area contributed by atoms with E-state index in [0.717, 1.165) is 4.88 Å². The highest BCUT2D eigenvalue weighted by molar-refractivity contribution is 7.90. The van der Waals surface area contributed by atoms with Crippen LogP contribution in [-0.4, -0.2) is 13.7 Å². The van der Waals surface area contributed by atoms with Gasteiger partial charge >= 0.3 is 0 Å². The topological polar surface area (TPSA) is 70.0 Å². The van der Waals surface area contributed by atoms with E-state index in [1.807, 2.05) is 0 Å². The Bertz CT molecular complexity index is 519. The zero-order chi connectivity index (χ0) is 13.1. The number of hydrogen-bond donors (Lipinski definition) is 1. The minimum absolute atomic E-state index is 0.268. The summed E-state index contributed by atoms with van der Waals surface area (Å²) in [6, 6.07) is 4.89. The van der Waals surface area contributed by atoms with Crippen LogP contribution in [0.4, 0.5) is 0 Å². The number of sulfonamides is 1. The van der Waals surface area contributed by atoms with Crippen molar-refractivity contribution >= 4 is 33.0 Å². The molecule has 17 heavy (non-hydrogen) atoms. The highest BCUT2D eigenvalue weighted by atomic mass is 35.5. The second-order valence-corrected chi connectivity index (χ2v) is 7.19. The van der Waals surface area contributed by atoms with Gasteiger partial charge in [-0.3, -0.25) is 0 Å². The summed E-state index contributed by atoms with van der Waals surface area (Å²) >= 11 is 7.10. The second-order valence-electron chi connectivity index (χ2n) is 3.55. The number of nitrogens with one attached hydrogen (secondary N) is 1. The zero-order valence-corrected chi connectivity index (χ0v) is 11.9. The molecule has 0 bridgehead atoms. The molecule has 0 aliphatic carbocycles. The van der Waals surface area contributed by atoms with E-state index in [9.17, 15) is 8.42 Å². The first-order chi connectivity index (χ1) is 7.90. The van der Waals surface area contributed by atoms with Crippen LogP contribution in [0.1, 0.15) is 31.2 Å². The lowest BCUT2D eigenvalue weighted by Crippen LogP contribution is -2.34. The molecule has 2 atom stereocenters. The molecule has 1 aromatic rings. The summed E-state index contributed by atoms with van der Waals surface area (Å²) in [5.74, 6) is 0. The van der Waals surface area contributed by atoms with Gasteiger partial charge in [0.25, 0.3) is 0 Å². The third-order valence-corrected chi connectivity index (χ3v) is 5.53. The maximum Gasteiger partial charge on any atom is 0.228 e. The van der Waals surface area contributed by atoms with Gasteiger partial charge in [-0.1, -0.05) is 18.5 Å². The van der Waals surface area contributed by atoms with Gasteiger partial charge in [-0.15, -0.1) is 11.3 Å². The average molecular weight is 293 g/mol. The smallest absolute Gasteiger partial charge is 0.211 e. The van der Waals surface area contributed by atoms with Gasteiger partial charge in [-0.2, -0.15) is 5.26 Å². The number of thiophene rings is 1. The molecule has 0 aromatic carbocycles. The van der Waals surface area contributed by atoms with Gasteiger partial charge in [0.15, 0.2) is 5.25 Å². The molecule has 0 amide bonds. The SMILES string of the molecule is CCC(C#N)S(=O)(=O)NC(C)c1ccc(Cl)s1. The van der Waals surface area contributed by atoms with Crippen molar-refractivity contribution in [2.75, 3.05) is 0 Å². The van der Waals surface area contributed by atoms with E-state index in [0.29, 0.717) is 4.34 Å². The first-order valence-electron chi connectivity index (χ1n) is 5.06. The minimum Gasteiger partial charge on any atom is -0.211 e. The molecule has 2 unspecified atom stereocenters. The molecule has 0 spiro atoms. The van der Waals surface area contributed by atoms with Crippen molar-refractivity contribution in [3.63, 3.8) is 0 Å². The Hall–Kier alpha value is -0.610. The maximum absolute atomic E-state index is 11.8. The first kappa shape index (κ1) is 14.5. The van der Waals surface area contributed by atoms with E-state index in [4.69, 9.17) is 16.9 Å². The largest absolute Gasteiger partial charge is 0.228 e. The highest BCUT2D eigenvalue weighted by Crippen LogP contribution is 2.27. The fourth-order valence-electron chi connectivity index (χ4n) is 1.33. The van der Waals surface area contributed by atoms with E-state index in [2.05, 4.69) is 4.72 Å². The molecule has 1 heterocycles. The van der Waals surface area contributed by atoms with Crippen LogP contribution in [0.5, 0.6) is 0 Å². The van der Waals surface area contributed by atoms with Gasteiger partial charge in [-0.25, -0.2) is 13.1 Å². The number of rotatable bonds is 5. The Kier molecular flexibility index (Phi) is 4.95. The molecule has 1 rings (SSSR count). The van der Waals surface area contributed by atoms with E-state index in [-0.39, 0.29) is 12.5 Å². The van der Waals surface area contributed by atoms with Crippen molar-refractivity contribution in [3.05, 3.63) is 21.3 Å². The standard InChI is InChI=1S/C10H13ClN2O2S2/c1-3-8(6-12)17(14,15)13-7(2)9-4-5-10(11)16-9/h4-5,7-8,13H,3H2,1-2H3. The molecule has 1 N–H and O–H groups in total. The van der Waals surface area contributed by atoms with Crippen LogP contribution in [-0.2, 0) is 10.0 Å². The molecule has 4 nitrogen and oxygen atoms in total. The third kappa shape index (κ3) is 3.68. The van der Waals surface area contributed by atoms with Crippen LogP contribution in [0, 0.1) is 11.3 Å². The van der Waals surface area contributed by atoms with E-state index in [1.54, 1.807) is 32.0 Å². The zero-order valence-electron chi connectivity index (χ0n) is 9.47. The van der Waals surface area contributed by atoms with Gasteiger partial charge in [0, 0.05) is 4.88 Å². The lowest BCUT2D eigenvalue weighted by Gasteiger charge is -2.15. The fraction of sp³-hybridized carbons (Fsp3) is 0.500. The molecule has 1 aromatic heterocycles. The van der Waals surface area contributed by atoms with E-state index in [1.165, 1.54) is 11.3 Å². The summed E-state index contributed by atoms with van der Waals surface area (Å²) in [4.78, 5) is 0.825. The van der Waals surface area contributed by atoms with Gasteiger partial charge in [0.1, 0.15) is 0 Å². The quantitative estimate of drug-likeness (QED) is 0.907. The molecule has 0 saturated carbocycles. The van der Waals surface area contributed by atoms with Crippen molar-refractivity contribution in [1.29, 1.82) is 5.26 Å². The molecule has 0 aliphatic rings. The summed E-state index contributed by atoms with van der Waals surface area (Å²) in [6.07, 6.45) is 0.268. The van der Waals surface area contributed by atoms with Crippen LogP contribution in [0.15, 0.2) is 12.1 Å². The molecule has 7 heteroatoms. The van der Waals surface area contributed by atoms with Gasteiger partial charge in [0.2, 0.25) is 10.0 Å². The van der Waals surface area contributed by atoms with Crippen molar-refractivity contribution in [2.24, 2.45) is 0 Å². The lowest BCUT2D eigenvalue weighted by atomic mass is 10.3. The predicted octanol–water partition coefficient (Wildman–Crippen LogP) is 2.68. The number of nitrogens with zero attached hydrogens (tertiary/aromatic N) is 1. The first-order valence-corrected chi connectivity index (χ1v) is 7.80. The highest BCUT2D eigenvalue weighted by Gasteiger charge is 2.25. The maximum atomic E-state index is 11.8. The normalized spacial score (nSPS) is 15.2. The van der Waals surface area contributed by atoms with Gasteiger partial charge < -0.3 is 0 Å². The van der Waals surface area contributed by atoms with Gasteiger partial charge in [-0.05, 0) is 25.5 Å². The third-order valence-electron chi connectivity index (χ3n) is 2.25. The van der Waals surface area contributed by atoms with Crippen molar-refractivity contribution in [2.45, 2.75) is 31.6 Å². The van der Waals surface area contributed by atoms with Crippen molar-refractivity contribution < 1.29 is 8.42 Å². The number of nitriles is 1. The van der Waals surface area contributed by atoms with Crippen LogP contribution in [0.25, 0.3) is 0 Å². The summed E-state index contributed by atoms with van der Waals surface area (Å²) in [6.45, 7) is 3.39.